The maximum Gasteiger partial charge on any atom is 0.310 e. The lowest BCUT2D eigenvalue weighted by atomic mass is 10.2. The number of piperidine rings is 3. The van der Waals surface area contributed by atoms with Gasteiger partial charge in [-0.3, -0.25) is 0 Å². The van der Waals surface area contributed by atoms with Crippen LogP contribution >= 0.6 is 9.12 Å². The fraction of sp³-hybridized carbons (Fsp3) is 1.00. The summed E-state index contributed by atoms with van der Waals surface area (Å²) in [6.45, 7) is 7.50. The summed E-state index contributed by atoms with van der Waals surface area (Å²) in [5.74, 6) is 0. The normalized spacial score (nSPS) is 21.8. The van der Waals surface area contributed by atoms with Crippen molar-refractivity contribution >= 4 is 9.12 Å². The van der Waals surface area contributed by atoms with Crippen LogP contribution < -0.4 is 16.0 Å². The summed E-state index contributed by atoms with van der Waals surface area (Å²) in [7, 11) is 1.17. The summed E-state index contributed by atoms with van der Waals surface area (Å²) in [4.78, 5) is 0. The van der Waals surface area contributed by atoms with Crippen LogP contribution in [0.5, 0.6) is 0 Å². The first-order valence-corrected chi connectivity index (χ1v) is 8.83. The zero-order chi connectivity index (χ0) is 14.7. The van der Waals surface area contributed by atoms with E-state index in [2.05, 4.69) is 16.0 Å². The van der Waals surface area contributed by atoms with E-state index in [0.29, 0.717) is 0 Å². The van der Waals surface area contributed by atoms with Crippen LogP contribution in [0.3, 0.4) is 0 Å². The molecule has 1 unspecified atom stereocenters. The minimum absolute atomic E-state index is 1.17. The van der Waals surface area contributed by atoms with Crippen molar-refractivity contribution in [1.29, 1.82) is 0 Å². The second-order valence-electron chi connectivity index (χ2n) is 5.43. The zero-order valence-electron chi connectivity index (χ0n) is 13.1. The Labute approximate surface area is 127 Å². The Balaban J connectivity index is 0.000000255. The van der Waals surface area contributed by atoms with Gasteiger partial charge in [0.2, 0.25) is 0 Å². The lowest BCUT2D eigenvalue weighted by molar-refractivity contribution is 0.520. The lowest BCUT2D eigenvalue weighted by Crippen LogP contribution is -2.21. The molecule has 3 fully saturated rings. The van der Waals surface area contributed by atoms with Crippen molar-refractivity contribution in [2.45, 2.75) is 57.8 Å². The van der Waals surface area contributed by atoms with Crippen molar-refractivity contribution in [3.8, 4) is 0 Å². The average molecular weight is 304 g/mol. The molecule has 0 aromatic carbocycles. The maximum atomic E-state index is 8.17. The molecule has 3 aliphatic heterocycles. The Morgan fingerprint density at radius 2 is 0.600 bits per heavy atom. The molecule has 3 saturated heterocycles. The van der Waals surface area contributed by atoms with Crippen molar-refractivity contribution in [3.05, 3.63) is 0 Å². The van der Waals surface area contributed by atoms with Crippen molar-refractivity contribution in [2.75, 3.05) is 39.3 Å². The molecule has 3 aliphatic rings. The van der Waals surface area contributed by atoms with E-state index in [4.69, 9.17) is 4.57 Å². The molecule has 3 rings (SSSR count). The van der Waals surface area contributed by atoms with Gasteiger partial charge in [0.25, 0.3) is 0 Å². The SMILES string of the molecule is C1CCNCC1.C1CCNCC1.C1CCNCC1.O=[PH2+]. The van der Waals surface area contributed by atoms with Gasteiger partial charge in [0, 0.05) is 0 Å². The van der Waals surface area contributed by atoms with Gasteiger partial charge in [0.1, 0.15) is 0 Å². The molecular formula is C15H35N3OP+. The third kappa shape index (κ3) is 16.0. The van der Waals surface area contributed by atoms with Crippen molar-refractivity contribution < 1.29 is 4.57 Å². The zero-order valence-corrected chi connectivity index (χ0v) is 14.2. The van der Waals surface area contributed by atoms with Gasteiger partial charge in [-0.15, -0.1) is 0 Å². The first-order valence-electron chi connectivity index (χ1n) is 8.36. The second kappa shape index (κ2) is 19.0. The molecule has 0 bridgehead atoms. The summed E-state index contributed by atoms with van der Waals surface area (Å²) in [5.41, 5.74) is 0. The molecule has 0 spiro atoms. The summed E-state index contributed by atoms with van der Waals surface area (Å²) >= 11 is 0. The molecule has 20 heavy (non-hydrogen) atoms. The van der Waals surface area contributed by atoms with Crippen LogP contribution in [0.1, 0.15) is 57.8 Å². The Morgan fingerprint density at radius 3 is 0.650 bits per heavy atom. The highest BCUT2D eigenvalue weighted by Gasteiger charge is 1.94. The number of hydrogen-bond acceptors (Lipinski definition) is 4. The van der Waals surface area contributed by atoms with E-state index in [0.717, 1.165) is 0 Å². The molecular weight excluding hydrogens is 269 g/mol. The van der Waals surface area contributed by atoms with Crippen LogP contribution in [0.2, 0.25) is 0 Å². The molecule has 120 valence electrons. The topological polar surface area (TPSA) is 53.2 Å². The standard InChI is InChI=1S/3C5H11N.H2OP/c3*1-2-4-6-5-3-1;1-2/h3*6H,1-5H2;2H2/q;;;+1. The predicted molar refractivity (Wildman–Crippen MR) is 90.6 cm³/mol. The minimum atomic E-state index is 1.17. The number of hydrogen-bond donors (Lipinski definition) is 3. The molecule has 0 aliphatic carbocycles. The van der Waals surface area contributed by atoms with Gasteiger partial charge in [-0.25, -0.2) is 0 Å². The first kappa shape index (κ1) is 20.0. The Hall–Kier alpha value is -0.0200. The maximum absolute atomic E-state index is 8.17. The van der Waals surface area contributed by atoms with Crippen LogP contribution in [0.15, 0.2) is 0 Å². The molecule has 0 radical (unpaired) electrons. The second-order valence-corrected chi connectivity index (χ2v) is 5.43. The predicted octanol–water partition coefficient (Wildman–Crippen LogP) is 2.49. The van der Waals surface area contributed by atoms with Crippen molar-refractivity contribution in [2.24, 2.45) is 0 Å². The van der Waals surface area contributed by atoms with E-state index in [1.807, 2.05) is 0 Å². The Kier molecular flexibility index (Phi) is 19.0. The van der Waals surface area contributed by atoms with E-state index >= 15 is 0 Å². The van der Waals surface area contributed by atoms with Gasteiger partial charge in [-0.05, 0) is 77.8 Å². The van der Waals surface area contributed by atoms with E-state index < -0.39 is 0 Å². The molecule has 1 atom stereocenters. The van der Waals surface area contributed by atoms with E-state index in [1.54, 1.807) is 0 Å². The molecule has 5 heteroatoms. The summed E-state index contributed by atoms with van der Waals surface area (Å²) < 4.78 is 8.17. The van der Waals surface area contributed by atoms with Gasteiger partial charge >= 0.3 is 9.12 Å². The highest BCUT2D eigenvalue weighted by molar-refractivity contribution is 7.00. The highest BCUT2D eigenvalue weighted by Crippen LogP contribution is 1.97. The molecule has 0 amide bonds. The summed E-state index contributed by atoms with van der Waals surface area (Å²) in [5, 5.41) is 9.85. The first-order chi connectivity index (χ1) is 10.0. The van der Waals surface area contributed by atoms with Gasteiger partial charge < -0.3 is 16.0 Å². The van der Waals surface area contributed by atoms with E-state index in [1.165, 1.54) is 106 Å². The van der Waals surface area contributed by atoms with Crippen LogP contribution in [0, 0.1) is 0 Å². The molecule has 0 aromatic heterocycles. The third-order valence-corrected chi connectivity index (χ3v) is 3.62. The van der Waals surface area contributed by atoms with Gasteiger partial charge in [-0.1, -0.05) is 23.8 Å². The molecule has 4 nitrogen and oxygen atoms in total. The fourth-order valence-electron chi connectivity index (χ4n) is 2.41. The number of rotatable bonds is 0. The summed E-state index contributed by atoms with van der Waals surface area (Å²) in [6, 6.07) is 0. The van der Waals surface area contributed by atoms with Crippen LogP contribution in [-0.2, 0) is 4.57 Å². The van der Waals surface area contributed by atoms with Crippen LogP contribution in [0.4, 0.5) is 0 Å². The smallest absolute Gasteiger partial charge is 0.310 e. The Morgan fingerprint density at radius 1 is 0.400 bits per heavy atom. The van der Waals surface area contributed by atoms with Crippen LogP contribution in [-0.4, -0.2) is 39.3 Å². The molecule has 0 saturated carbocycles. The van der Waals surface area contributed by atoms with E-state index in [9.17, 15) is 0 Å². The third-order valence-electron chi connectivity index (χ3n) is 3.62. The quantitative estimate of drug-likeness (QED) is 0.602. The largest absolute Gasteiger partial charge is 0.317 e. The minimum Gasteiger partial charge on any atom is -0.317 e. The summed E-state index contributed by atoms with van der Waals surface area (Å²) in [6.07, 6.45) is 12.6. The monoisotopic (exact) mass is 304 g/mol. The van der Waals surface area contributed by atoms with Crippen molar-refractivity contribution in [1.82, 2.24) is 16.0 Å². The average Bonchev–Trinajstić information content (AvgIpc) is 2.62. The van der Waals surface area contributed by atoms with E-state index in [-0.39, 0.29) is 0 Å². The van der Waals surface area contributed by atoms with Gasteiger partial charge in [-0.2, -0.15) is 0 Å². The molecule has 3 N–H and O–H groups in total. The lowest BCUT2D eigenvalue weighted by Gasteiger charge is -2.08. The van der Waals surface area contributed by atoms with Gasteiger partial charge in [0.05, 0.1) is 0 Å². The van der Waals surface area contributed by atoms with Crippen molar-refractivity contribution in [3.63, 3.8) is 0 Å². The molecule has 3 heterocycles. The number of nitrogens with one attached hydrogen (secondary N) is 3. The molecule has 0 aromatic rings. The van der Waals surface area contributed by atoms with Gasteiger partial charge in [0.15, 0.2) is 0 Å². The van der Waals surface area contributed by atoms with Crippen LogP contribution in [0.25, 0.3) is 0 Å². The Bertz CT molecular complexity index is 109. The fourth-order valence-corrected chi connectivity index (χ4v) is 2.41. The highest BCUT2D eigenvalue weighted by atomic mass is 31.0.